The number of aryl methyl sites for hydroxylation is 1. The summed E-state index contributed by atoms with van der Waals surface area (Å²) in [6.07, 6.45) is 2.94. The Kier molecular flexibility index (Phi) is 5.98. The number of aromatic amines is 1. The Hall–Kier alpha value is -1.87. The number of nitrogens with one attached hydrogen (secondary N) is 3. The lowest BCUT2D eigenvalue weighted by Gasteiger charge is -2.32. The van der Waals surface area contributed by atoms with Crippen LogP contribution in [0.15, 0.2) is 4.79 Å². The summed E-state index contributed by atoms with van der Waals surface area (Å²) >= 11 is 1.66. The highest BCUT2D eigenvalue weighted by Gasteiger charge is 2.30. The van der Waals surface area contributed by atoms with E-state index < -0.39 is 11.5 Å². The van der Waals surface area contributed by atoms with Gasteiger partial charge >= 0.3 is 0 Å². The first-order valence-corrected chi connectivity index (χ1v) is 9.86. The van der Waals surface area contributed by atoms with E-state index in [0.717, 1.165) is 0 Å². The molecule has 8 nitrogen and oxygen atoms in total. The quantitative estimate of drug-likeness (QED) is 0.654. The van der Waals surface area contributed by atoms with Crippen LogP contribution in [0.1, 0.15) is 40.9 Å². The molecule has 1 saturated carbocycles. The Morgan fingerprint density at radius 3 is 2.73 bits per heavy atom. The number of rotatable bonds is 6. The van der Waals surface area contributed by atoms with Gasteiger partial charge in [-0.2, -0.15) is 5.10 Å². The number of carbonyl (C=O) groups excluding carboxylic acids is 2. The van der Waals surface area contributed by atoms with Crippen molar-refractivity contribution in [1.29, 1.82) is 0 Å². The SMILES string of the molecule is Cc1n[nH]c(=O)c(C(=O)N[C@@H]2CCOC[C@@H]2NC(=O)CSC2CC2)c1C. The van der Waals surface area contributed by atoms with E-state index in [1.165, 1.54) is 12.8 Å². The molecular weight excluding hydrogens is 356 g/mol. The van der Waals surface area contributed by atoms with Gasteiger partial charge in [-0.15, -0.1) is 11.8 Å². The Morgan fingerprint density at radius 2 is 2.00 bits per heavy atom. The molecule has 0 spiro atoms. The van der Waals surface area contributed by atoms with Crippen molar-refractivity contribution in [3.05, 3.63) is 27.2 Å². The van der Waals surface area contributed by atoms with Crippen molar-refractivity contribution in [3.8, 4) is 0 Å². The molecule has 0 unspecified atom stereocenters. The van der Waals surface area contributed by atoms with Crippen LogP contribution in [0.5, 0.6) is 0 Å². The summed E-state index contributed by atoms with van der Waals surface area (Å²) in [4.78, 5) is 36.8. The highest BCUT2D eigenvalue weighted by molar-refractivity contribution is 8.00. The van der Waals surface area contributed by atoms with E-state index >= 15 is 0 Å². The third-order valence-electron chi connectivity index (χ3n) is 4.69. The minimum Gasteiger partial charge on any atom is -0.379 e. The van der Waals surface area contributed by atoms with Gasteiger partial charge in [0.15, 0.2) is 0 Å². The van der Waals surface area contributed by atoms with Crippen LogP contribution in [-0.4, -0.2) is 58.3 Å². The summed E-state index contributed by atoms with van der Waals surface area (Å²) in [6, 6.07) is -0.583. The summed E-state index contributed by atoms with van der Waals surface area (Å²) in [5.74, 6) is -0.0809. The molecule has 2 aliphatic rings. The number of amides is 2. The van der Waals surface area contributed by atoms with Gasteiger partial charge in [-0.3, -0.25) is 14.4 Å². The molecule has 0 aromatic carbocycles. The van der Waals surface area contributed by atoms with E-state index in [2.05, 4.69) is 20.8 Å². The predicted molar refractivity (Wildman–Crippen MR) is 98.4 cm³/mol. The van der Waals surface area contributed by atoms with Gasteiger partial charge < -0.3 is 15.4 Å². The molecule has 2 fully saturated rings. The lowest BCUT2D eigenvalue weighted by atomic mass is 10.0. The van der Waals surface area contributed by atoms with Crippen LogP contribution in [0.3, 0.4) is 0 Å². The van der Waals surface area contributed by atoms with Crippen LogP contribution in [-0.2, 0) is 9.53 Å². The number of ether oxygens (including phenoxy) is 1. The first-order valence-electron chi connectivity index (χ1n) is 8.81. The predicted octanol–water partition coefficient (Wildman–Crippen LogP) is 0.286. The topological polar surface area (TPSA) is 113 Å². The van der Waals surface area contributed by atoms with E-state index in [1.54, 1.807) is 25.6 Å². The van der Waals surface area contributed by atoms with Gasteiger partial charge in [0.1, 0.15) is 5.56 Å². The molecule has 9 heteroatoms. The summed E-state index contributed by atoms with van der Waals surface area (Å²) in [7, 11) is 0. The fraction of sp³-hybridized carbons (Fsp3) is 0.647. The molecule has 2 atom stereocenters. The van der Waals surface area contributed by atoms with Crippen molar-refractivity contribution >= 4 is 23.6 Å². The normalized spacial score (nSPS) is 22.7. The fourth-order valence-electron chi connectivity index (χ4n) is 2.87. The van der Waals surface area contributed by atoms with Crippen LogP contribution in [0.25, 0.3) is 0 Å². The average Bonchev–Trinajstić information content (AvgIpc) is 3.43. The number of thioether (sulfide) groups is 1. The van der Waals surface area contributed by atoms with E-state index in [1.807, 2.05) is 0 Å². The van der Waals surface area contributed by atoms with Gasteiger partial charge in [-0.25, -0.2) is 5.10 Å². The lowest BCUT2D eigenvalue weighted by Crippen LogP contribution is -2.57. The first-order chi connectivity index (χ1) is 12.5. The van der Waals surface area contributed by atoms with Gasteiger partial charge in [0.2, 0.25) is 5.91 Å². The molecule has 2 heterocycles. The lowest BCUT2D eigenvalue weighted by molar-refractivity contribution is -0.120. The van der Waals surface area contributed by atoms with Gasteiger partial charge in [0, 0.05) is 11.9 Å². The Bertz CT molecular complexity index is 747. The standard InChI is InChI=1S/C17H24N4O4S/c1-9-10(2)20-21-17(24)15(9)16(23)19-12-5-6-25-7-13(12)18-14(22)8-26-11-3-4-11/h11-13H,3-8H2,1-2H3,(H,18,22)(H,19,23)(H,21,24)/t12-,13+/m1/s1. The molecule has 142 valence electrons. The maximum atomic E-state index is 12.6. The van der Waals surface area contributed by atoms with Crippen molar-refractivity contribution < 1.29 is 14.3 Å². The number of hydrogen-bond donors (Lipinski definition) is 3. The molecule has 1 aromatic heterocycles. The van der Waals surface area contributed by atoms with Crippen molar-refractivity contribution in [2.75, 3.05) is 19.0 Å². The van der Waals surface area contributed by atoms with Crippen molar-refractivity contribution in [2.45, 2.75) is 50.4 Å². The third kappa shape index (κ3) is 4.64. The monoisotopic (exact) mass is 380 g/mol. The van der Waals surface area contributed by atoms with Crippen LogP contribution in [0, 0.1) is 13.8 Å². The number of H-pyrrole nitrogens is 1. The number of carbonyl (C=O) groups is 2. The van der Waals surface area contributed by atoms with Gasteiger partial charge in [-0.1, -0.05) is 0 Å². The number of hydrogen-bond acceptors (Lipinski definition) is 6. The molecule has 2 amide bonds. The van der Waals surface area contributed by atoms with E-state index in [-0.39, 0.29) is 23.6 Å². The number of aromatic nitrogens is 2. The zero-order valence-corrected chi connectivity index (χ0v) is 15.8. The first kappa shape index (κ1) is 18.9. The Balaban J connectivity index is 1.64. The molecule has 3 N–H and O–H groups in total. The molecule has 1 saturated heterocycles. The maximum Gasteiger partial charge on any atom is 0.277 e. The van der Waals surface area contributed by atoms with E-state index in [9.17, 15) is 14.4 Å². The van der Waals surface area contributed by atoms with Crippen molar-refractivity contribution in [3.63, 3.8) is 0 Å². The summed E-state index contributed by atoms with van der Waals surface area (Å²) in [5, 5.41) is 12.7. The largest absolute Gasteiger partial charge is 0.379 e. The second kappa shape index (κ2) is 8.22. The molecule has 0 bridgehead atoms. The molecule has 1 aromatic rings. The number of nitrogens with zero attached hydrogens (tertiary/aromatic N) is 1. The zero-order valence-electron chi connectivity index (χ0n) is 15.0. The molecule has 1 aliphatic carbocycles. The second-order valence-corrected chi connectivity index (χ2v) is 8.05. The molecule has 1 aliphatic heterocycles. The molecule has 0 radical (unpaired) electrons. The van der Waals surface area contributed by atoms with E-state index in [0.29, 0.717) is 41.9 Å². The minimum atomic E-state index is -0.515. The van der Waals surface area contributed by atoms with Crippen molar-refractivity contribution in [2.24, 2.45) is 0 Å². The zero-order chi connectivity index (χ0) is 18.7. The van der Waals surface area contributed by atoms with Crippen LogP contribution in [0.2, 0.25) is 0 Å². The van der Waals surface area contributed by atoms with Crippen LogP contribution >= 0.6 is 11.8 Å². The fourth-order valence-corrected chi connectivity index (χ4v) is 3.81. The molecular formula is C17H24N4O4S. The summed E-state index contributed by atoms with van der Waals surface area (Å²) in [6.45, 7) is 4.27. The molecule has 26 heavy (non-hydrogen) atoms. The van der Waals surface area contributed by atoms with Crippen LogP contribution < -0.4 is 16.2 Å². The Morgan fingerprint density at radius 1 is 1.23 bits per heavy atom. The van der Waals surface area contributed by atoms with Gasteiger partial charge in [0.05, 0.1) is 30.1 Å². The highest BCUT2D eigenvalue weighted by atomic mass is 32.2. The van der Waals surface area contributed by atoms with Gasteiger partial charge in [0.25, 0.3) is 11.5 Å². The highest BCUT2D eigenvalue weighted by Crippen LogP contribution is 2.33. The average molecular weight is 380 g/mol. The van der Waals surface area contributed by atoms with Crippen molar-refractivity contribution in [1.82, 2.24) is 20.8 Å². The second-order valence-electron chi connectivity index (χ2n) is 6.77. The van der Waals surface area contributed by atoms with Gasteiger partial charge in [-0.05, 0) is 38.7 Å². The summed E-state index contributed by atoms with van der Waals surface area (Å²) in [5.41, 5.74) is 0.709. The van der Waals surface area contributed by atoms with Crippen LogP contribution in [0.4, 0.5) is 0 Å². The summed E-state index contributed by atoms with van der Waals surface area (Å²) < 4.78 is 5.45. The Labute approximate surface area is 155 Å². The third-order valence-corrected chi connectivity index (χ3v) is 6.06. The minimum absolute atomic E-state index is 0.0505. The van der Waals surface area contributed by atoms with E-state index in [4.69, 9.17) is 4.74 Å². The smallest absolute Gasteiger partial charge is 0.277 e. The maximum absolute atomic E-state index is 12.6. The molecule has 3 rings (SSSR count).